The fraction of sp³-hybridized carbons (Fsp3) is 0.500. The van der Waals surface area contributed by atoms with E-state index in [1.165, 1.54) is 6.07 Å². The van der Waals surface area contributed by atoms with Crippen LogP contribution in [-0.2, 0) is 16.1 Å². The zero-order valence-electron chi connectivity index (χ0n) is 7.30. The number of hydrogen-bond donors (Lipinski definition) is 1. The maximum atomic E-state index is 10.4. The van der Waals surface area contributed by atoms with E-state index in [9.17, 15) is 4.79 Å². The molecule has 0 spiro atoms. The van der Waals surface area contributed by atoms with Crippen molar-refractivity contribution in [2.24, 2.45) is 0 Å². The number of carboxylic acid groups (broad SMARTS) is 1. The summed E-state index contributed by atoms with van der Waals surface area (Å²) < 4.78 is 15.0. The number of aromatic carboxylic acids is 1. The van der Waals surface area contributed by atoms with E-state index in [1.807, 2.05) is 0 Å². The first kappa shape index (κ1) is 9.17. The molecule has 0 radical (unpaired) electrons. The minimum Gasteiger partial charge on any atom is -0.476 e. The summed E-state index contributed by atoms with van der Waals surface area (Å²) in [7, 11) is 0. The van der Waals surface area contributed by atoms with Gasteiger partial charge in [0.25, 0.3) is 0 Å². The van der Waals surface area contributed by atoms with Crippen LogP contribution in [0.3, 0.4) is 0 Å². The topological polar surface area (TPSA) is 81.8 Å². The maximum Gasteiger partial charge on any atom is 0.358 e. The van der Waals surface area contributed by atoms with Gasteiger partial charge in [0.2, 0.25) is 0 Å². The van der Waals surface area contributed by atoms with Crippen molar-refractivity contribution in [3.8, 4) is 0 Å². The lowest BCUT2D eigenvalue weighted by Gasteiger charge is -2.25. The van der Waals surface area contributed by atoms with E-state index >= 15 is 0 Å². The van der Waals surface area contributed by atoms with Crippen molar-refractivity contribution in [3.05, 3.63) is 17.5 Å². The number of aromatic nitrogens is 1. The molecule has 14 heavy (non-hydrogen) atoms. The molecule has 2 heterocycles. The van der Waals surface area contributed by atoms with Crippen LogP contribution in [0, 0.1) is 0 Å². The molecule has 0 aliphatic carbocycles. The zero-order valence-corrected chi connectivity index (χ0v) is 7.30. The van der Waals surface area contributed by atoms with Crippen molar-refractivity contribution in [2.75, 3.05) is 13.2 Å². The molecule has 0 saturated carbocycles. The van der Waals surface area contributed by atoms with Crippen molar-refractivity contribution >= 4 is 5.97 Å². The highest BCUT2D eigenvalue weighted by molar-refractivity contribution is 5.85. The fourth-order valence-corrected chi connectivity index (χ4v) is 0.992. The second-order valence-corrected chi connectivity index (χ2v) is 2.95. The van der Waals surface area contributed by atoms with Crippen LogP contribution < -0.4 is 0 Å². The van der Waals surface area contributed by atoms with Gasteiger partial charge in [-0.15, -0.1) is 0 Å². The van der Waals surface area contributed by atoms with Gasteiger partial charge in [-0.3, -0.25) is 0 Å². The highest BCUT2D eigenvalue weighted by Crippen LogP contribution is 2.10. The largest absolute Gasteiger partial charge is 0.476 e. The van der Waals surface area contributed by atoms with E-state index in [4.69, 9.17) is 19.1 Å². The predicted octanol–water partition coefficient (Wildman–Crippen LogP) is 0.288. The summed E-state index contributed by atoms with van der Waals surface area (Å²) in [5, 5.41) is 11.9. The van der Waals surface area contributed by atoms with Crippen molar-refractivity contribution in [1.29, 1.82) is 0 Å². The van der Waals surface area contributed by atoms with Gasteiger partial charge >= 0.3 is 5.97 Å². The van der Waals surface area contributed by atoms with Gasteiger partial charge in [0.15, 0.2) is 11.5 Å². The summed E-state index contributed by atoms with van der Waals surface area (Å²) in [5.41, 5.74) is -0.103. The second-order valence-electron chi connectivity index (χ2n) is 2.95. The number of carboxylic acids is 1. The van der Waals surface area contributed by atoms with Crippen LogP contribution in [0.5, 0.6) is 0 Å². The lowest BCUT2D eigenvalue weighted by atomic mass is 10.3. The van der Waals surface area contributed by atoms with Gasteiger partial charge in [-0.2, -0.15) is 0 Å². The summed E-state index contributed by atoms with van der Waals surface area (Å²) in [6, 6.07) is 1.35. The van der Waals surface area contributed by atoms with E-state index < -0.39 is 5.97 Å². The third-order valence-corrected chi connectivity index (χ3v) is 1.85. The van der Waals surface area contributed by atoms with Crippen LogP contribution in [0.4, 0.5) is 0 Å². The van der Waals surface area contributed by atoms with E-state index in [1.54, 1.807) is 0 Å². The van der Waals surface area contributed by atoms with Crippen LogP contribution in [0.2, 0.25) is 0 Å². The first-order chi connectivity index (χ1) is 6.75. The summed E-state index contributed by atoms with van der Waals surface area (Å²) >= 11 is 0. The molecule has 0 aromatic carbocycles. The normalized spacial score (nSPS) is 16.6. The Hall–Kier alpha value is -1.40. The maximum absolute atomic E-state index is 10.4. The molecular weight excluding hydrogens is 190 g/mol. The SMILES string of the molecule is O=C(O)c1cc(COC2COC2)on1. The second kappa shape index (κ2) is 3.77. The van der Waals surface area contributed by atoms with Crippen LogP contribution >= 0.6 is 0 Å². The molecule has 76 valence electrons. The number of nitrogens with zero attached hydrogens (tertiary/aromatic N) is 1. The molecule has 1 fully saturated rings. The monoisotopic (exact) mass is 199 g/mol. The van der Waals surface area contributed by atoms with Gasteiger partial charge in [0, 0.05) is 6.07 Å². The number of rotatable bonds is 4. The van der Waals surface area contributed by atoms with E-state index in [0.29, 0.717) is 19.0 Å². The van der Waals surface area contributed by atoms with Crippen LogP contribution in [-0.4, -0.2) is 35.6 Å². The molecule has 1 aromatic rings. The number of carbonyl (C=O) groups is 1. The number of hydrogen-bond acceptors (Lipinski definition) is 5. The van der Waals surface area contributed by atoms with E-state index in [0.717, 1.165) is 0 Å². The molecule has 1 N–H and O–H groups in total. The molecule has 0 bridgehead atoms. The molecule has 6 nitrogen and oxygen atoms in total. The molecule has 2 rings (SSSR count). The Kier molecular flexibility index (Phi) is 2.47. The fourth-order valence-electron chi connectivity index (χ4n) is 0.992. The lowest BCUT2D eigenvalue weighted by molar-refractivity contribution is -0.138. The molecular formula is C8H9NO5. The minimum atomic E-state index is -1.10. The molecule has 0 unspecified atom stereocenters. The molecule has 0 amide bonds. The van der Waals surface area contributed by atoms with Gasteiger partial charge in [0.1, 0.15) is 12.7 Å². The van der Waals surface area contributed by atoms with Gasteiger partial charge in [0.05, 0.1) is 13.2 Å². The third-order valence-electron chi connectivity index (χ3n) is 1.85. The highest BCUT2D eigenvalue weighted by atomic mass is 16.6. The average Bonchev–Trinajstić information content (AvgIpc) is 2.50. The van der Waals surface area contributed by atoms with Crippen molar-refractivity contribution < 1.29 is 23.9 Å². The molecule has 0 atom stereocenters. The molecule has 1 aromatic heterocycles. The highest BCUT2D eigenvalue weighted by Gasteiger charge is 2.20. The zero-order chi connectivity index (χ0) is 9.97. The van der Waals surface area contributed by atoms with Crippen molar-refractivity contribution in [3.63, 3.8) is 0 Å². The Bertz CT molecular complexity index is 330. The Morgan fingerprint density at radius 1 is 1.71 bits per heavy atom. The van der Waals surface area contributed by atoms with Crippen molar-refractivity contribution in [2.45, 2.75) is 12.7 Å². The molecule has 1 saturated heterocycles. The summed E-state index contributed by atoms with van der Waals surface area (Å²) in [6.07, 6.45) is 0.0911. The van der Waals surface area contributed by atoms with Crippen LogP contribution in [0.1, 0.15) is 16.2 Å². The average molecular weight is 199 g/mol. The molecule has 1 aliphatic heterocycles. The third kappa shape index (κ3) is 1.91. The van der Waals surface area contributed by atoms with Crippen LogP contribution in [0.15, 0.2) is 10.6 Å². The van der Waals surface area contributed by atoms with Crippen molar-refractivity contribution in [1.82, 2.24) is 5.16 Å². The summed E-state index contributed by atoms with van der Waals surface area (Å²) in [4.78, 5) is 10.4. The smallest absolute Gasteiger partial charge is 0.358 e. The standard InChI is InChI=1S/C8H9NO5/c10-8(11)7-1-5(14-9-7)4-13-6-2-12-3-6/h1,6H,2-4H2,(H,10,11). The first-order valence-corrected chi connectivity index (χ1v) is 4.14. The summed E-state index contributed by atoms with van der Waals surface area (Å²) in [5.74, 6) is -0.693. The molecule has 6 heteroatoms. The van der Waals surface area contributed by atoms with Gasteiger partial charge < -0.3 is 19.1 Å². The van der Waals surface area contributed by atoms with Gasteiger partial charge in [-0.1, -0.05) is 5.16 Å². The van der Waals surface area contributed by atoms with Crippen LogP contribution in [0.25, 0.3) is 0 Å². The predicted molar refractivity (Wildman–Crippen MR) is 42.9 cm³/mol. The molecule has 1 aliphatic rings. The van der Waals surface area contributed by atoms with Gasteiger partial charge in [-0.05, 0) is 0 Å². The van der Waals surface area contributed by atoms with E-state index in [-0.39, 0.29) is 18.4 Å². The first-order valence-electron chi connectivity index (χ1n) is 4.14. The lowest BCUT2D eigenvalue weighted by Crippen LogP contribution is -2.35. The summed E-state index contributed by atoms with van der Waals surface area (Å²) in [6.45, 7) is 1.40. The van der Waals surface area contributed by atoms with Gasteiger partial charge in [-0.25, -0.2) is 4.79 Å². The Morgan fingerprint density at radius 3 is 3.00 bits per heavy atom. The van der Waals surface area contributed by atoms with E-state index in [2.05, 4.69) is 5.16 Å². The Balaban J connectivity index is 1.86. The quantitative estimate of drug-likeness (QED) is 0.750. The Morgan fingerprint density at radius 2 is 2.50 bits per heavy atom. The minimum absolute atomic E-state index is 0.0911. The number of ether oxygens (including phenoxy) is 2. The Labute approximate surface area is 79.4 Å².